The molecule has 0 aliphatic rings. The fourth-order valence-corrected chi connectivity index (χ4v) is 1.40. The van der Waals surface area contributed by atoms with E-state index in [4.69, 9.17) is 24.8 Å². The fourth-order valence-electron chi connectivity index (χ4n) is 1.40. The molecule has 1 aromatic rings. The van der Waals surface area contributed by atoms with Crippen LogP contribution >= 0.6 is 0 Å². The first kappa shape index (κ1) is 17.1. The van der Waals surface area contributed by atoms with Gasteiger partial charge in [-0.15, -0.1) is 0 Å². The van der Waals surface area contributed by atoms with Gasteiger partial charge in [-0.3, -0.25) is 0 Å². The van der Waals surface area contributed by atoms with Crippen LogP contribution in [0.2, 0.25) is 0 Å². The van der Waals surface area contributed by atoms with E-state index in [-0.39, 0.29) is 24.3 Å². The number of aliphatic hydroxyl groups excluding tert-OH is 2. The highest BCUT2D eigenvalue weighted by atomic mass is 16.6. The number of carboxylic acid groups (broad SMARTS) is 1. The van der Waals surface area contributed by atoms with Crippen LogP contribution in [-0.2, 0) is 9.47 Å². The van der Waals surface area contributed by atoms with Gasteiger partial charge in [0, 0.05) is 0 Å². The minimum absolute atomic E-state index is 0.0162. The van der Waals surface area contributed by atoms with E-state index in [2.05, 4.69) is 0 Å². The van der Waals surface area contributed by atoms with Crippen molar-refractivity contribution < 1.29 is 34.4 Å². The lowest BCUT2D eigenvalue weighted by molar-refractivity contribution is -0.0445. The van der Waals surface area contributed by atoms with Crippen molar-refractivity contribution in [1.82, 2.24) is 0 Å². The number of ether oxygens (including phenoxy) is 2. The van der Waals surface area contributed by atoms with Crippen molar-refractivity contribution in [2.45, 2.75) is 19.1 Å². The van der Waals surface area contributed by atoms with Gasteiger partial charge < -0.3 is 24.8 Å². The normalized spacial score (nSPS) is 13.5. The van der Waals surface area contributed by atoms with Gasteiger partial charge in [-0.2, -0.15) is 0 Å². The van der Waals surface area contributed by atoms with E-state index in [1.54, 1.807) is 6.92 Å². The number of hydrogen-bond acceptors (Lipinski definition) is 6. The Hall–Kier alpha value is -1.96. The van der Waals surface area contributed by atoms with Crippen molar-refractivity contribution in [3.8, 4) is 0 Å². The summed E-state index contributed by atoms with van der Waals surface area (Å²) in [5.74, 6) is -1.66. The molecule has 0 radical (unpaired) electrons. The standard InChI is InChI=1S/C14H18O7/c1-9(20-8-12(16)6-15)7-21-14(19)11-4-2-10(3-5-11)13(17)18/h2-5,9,12,15-16H,6-8H2,1H3,(H,17,18). The van der Waals surface area contributed by atoms with Crippen LogP contribution in [0.15, 0.2) is 24.3 Å². The maximum atomic E-state index is 11.7. The molecular weight excluding hydrogens is 280 g/mol. The Labute approximate surface area is 121 Å². The number of carbonyl (C=O) groups is 2. The molecular formula is C14H18O7. The van der Waals surface area contributed by atoms with E-state index in [1.807, 2.05) is 0 Å². The highest BCUT2D eigenvalue weighted by Crippen LogP contribution is 2.07. The van der Waals surface area contributed by atoms with Gasteiger partial charge in [0.05, 0.1) is 30.4 Å². The third kappa shape index (κ3) is 5.90. The quantitative estimate of drug-likeness (QED) is 0.591. The van der Waals surface area contributed by atoms with Gasteiger partial charge >= 0.3 is 11.9 Å². The van der Waals surface area contributed by atoms with Crippen LogP contribution in [0.4, 0.5) is 0 Å². The van der Waals surface area contributed by atoms with Gasteiger partial charge in [-0.1, -0.05) is 0 Å². The van der Waals surface area contributed by atoms with Crippen LogP contribution in [0.5, 0.6) is 0 Å². The Morgan fingerprint density at radius 3 is 2.24 bits per heavy atom. The molecule has 0 heterocycles. The van der Waals surface area contributed by atoms with E-state index in [9.17, 15) is 9.59 Å². The number of aliphatic hydroxyl groups is 2. The van der Waals surface area contributed by atoms with E-state index >= 15 is 0 Å². The minimum atomic E-state index is -1.07. The third-order valence-corrected chi connectivity index (χ3v) is 2.60. The Bertz CT molecular complexity index is 469. The zero-order valence-electron chi connectivity index (χ0n) is 11.6. The number of carboxylic acids is 1. The number of esters is 1. The molecule has 0 spiro atoms. The van der Waals surface area contributed by atoms with Crippen molar-refractivity contribution in [1.29, 1.82) is 0 Å². The summed E-state index contributed by atoms with van der Waals surface area (Å²) >= 11 is 0. The number of carbonyl (C=O) groups excluding carboxylic acids is 1. The Morgan fingerprint density at radius 1 is 1.14 bits per heavy atom. The Balaban J connectivity index is 2.41. The van der Waals surface area contributed by atoms with E-state index in [1.165, 1.54) is 24.3 Å². The zero-order chi connectivity index (χ0) is 15.8. The molecule has 0 aliphatic heterocycles. The molecule has 0 aliphatic carbocycles. The molecule has 7 nitrogen and oxygen atoms in total. The third-order valence-electron chi connectivity index (χ3n) is 2.60. The van der Waals surface area contributed by atoms with Gasteiger partial charge in [0.15, 0.2) is 0 Å². The number of rotatable bonds is 8. The van der Waals surface area contributed by atoms with Crippen LogP contribution in [0.25, 0.3) is 0 Å². The van der Waals surface area contributed by atoms with E-state index in [0.29, 0.717) is 0 Å². The second-order valence-electron chi connectivity index (χ2n) is 4.46. The predicted molar refractivity (Wildman–Crippen MR) is 72.2 cm³/mol. The summed E-state index contributed by atoms with van der Waals surface area (Å²) in [4.78, 5) is 22.4. The number of benzene rings is 1. The van der Waals surface area contributed by atoms with Gasteiger partial charge in [-0.05, 0) is 31.2 Å². The molecule has 0 aromatic heterocycles. The zero-order valence-corrected chi connectivity index (χ0v) is 11.6. The van der Waals surface area contributed by atoms with Gasteiger partial charge in [-0.25, -0.2) is 9.59 Å². The summed E-state index contributed by atoms with van der Waals surface area (Å²) in [5, 5.41) is 26.5. The van der Waals surface area contributed by atoms with Crippen molar-refractivity contribution in [3.05, 3.63) is 35.4 Å². The lowest BCUT2D eigenvalue weighted by Gasteiger charge is -2.15. The summed E-state index contributed by atoms with van der Waals surface area (Å²) in [7, 11) is 0. The summed E-state index contributed by atoms with van der Waals surface area (Å²) in [6.45, 7) is 1.19. The average molecular weight is 298 g/mol. The lowest BCUT2D eigenvalue weighted by Crippen LogP contribution is -2.26. The topological polar surface area (TPSA) is 113 Å². The summed E-state index contributed by atoms with van der Waals surface area (Å²) in [5.41, 5.74) is 0.323. The predicted octanol–water partition coefficient (Wildman–Crippen LogP) is 0.300. The maximum absolute atomic E-state index is 11.7. The highest BCUT2D eigenvalue weighted by Gasteiger charge is 2.12. The Kier molecular flexibility index (Phi) is 6.80. The number of aromatic carboxylic acids is 1. The van der Waals surface area contributed by atoms with Crippen LogP contribution in [0.1, 0.15) is 27.6 Å². The molecule has 0 fully saturated rings. The largest absolute Gasteiger partial charge is 0.478 e. The molecule has 21 heavy (non-hydrogen) atoms. The first-order chi connectivity index (χ1) is 9.93. The summed E-state index contributed by atoms with van der Waals surface area (Å²) in [6, 6.07) is 5.37. The molecule has 7 heteroatoms. The fraction of sp³-hybridized carbons (Fsp3) is 0.429. The van der Waals surface area contributed by atoms with E-state index < -0.39 is 30.8 Å². The second-order valence-corrected chi connectivity index (χ2v) is 4.46. The second kappa shape index (κ2) is 8.35. The first-order valence-electron chi connectivity index (χ1n) is 6.35. The molecule has 3 N–H and O–H groups in total. The van der Waals surface area contributed by atoms with E-state index in [0.717, 1.165) is 0 Å². The highest BCUT2D eigenvalue weighted by molar-refractivity contribution is 5.92. The van der Waals surface area contributed by atoms with Crippen molar-refractivity contribution in [2.24, 2.45) is 0 Å². The van der Waals surface area contributed by atoms with Gasteiger partial charge in [0.1, 0.15) is 12.7 Å². The molecule has 0 saturated carbocycles. The molecule has 1 rings (SSSR count). The van der Waals surface area contributed by atoms with Crippen molar-refractivity contribution >= 4 is 11.9 Å². The summed E-state index contributed by atoms with van der Waals surface area (Å²) < 4.78 is 10.2. The van der Waals surface area contributed by atoms with Crippen LogP contribution in [-0.4, -0.2) is 59.3 Å². The maximum Gasteiger partial charge on any atom is 0.338 e. The van der Waals surface area contributed by atoms with Gasteiger partial charge in [0.2, 0.25) is 0 Å². The average Bonchev–Trinajstić information content (AvgIpc) is 2.50. The number of hydrogen-bond donors (Lipinski definition) is 3. The first-order valence-corrected chi connectivity index (χ1v) is 6.35. The van der Waals surface area contributed by atoms with Crippen LogP contribution in [0, 0.1) is 0 Å². The molecule has 0 amide bonds. The SMILES string of the molecule is CC(COC(=O)c1ccc(C(=O)O)cc1)OCC(O)CO. The minimum Gasteiger partial charge on any atom is -0.478 e. The van der Waals surface area contributed by atoms with Crippen LogP contribution in [0.3, 0.4) is 0 Å². The van der Waals surface area contributed by atoms with Gasteiger partial charge in [0.25, 0.3) is 0 Å². The molecule has 0 bridgehead atoms. The molecule has 2 atom stereocenters. The molecule has 0 saturated heterocycles. The summed E-state index contributed by atoms with van der Waals surface area (Å²) in [6.07, 6.45) is -1.40. The molecule has 1 aromatic carbocycles. The monoisotopic (exact) mass is 298 g/mol. The smallest absolute Gasteiger partial charge is 0.338 e. The molecule has 2 unspecified atom stereocenters. The molecule has 116 valence electrons. The van der Waals surface area contributed by atoms with Crippen molar-refractivity contribution in [3.63, 3.8) is 0 Å². The Morgan fingerprint density at radius 2 is 1.71 bits per heavy atom. The van der Waals surface area contributed by atoms with Crippen molar-refractivity contribution in [2.75, 3.05) is 19.8 Å². The van der Waals surface area contributed by atoms with Crippen LogP contribution < -0.4 is 0 Å². The lowest BCUT2D eigenvalue weighted by atomic mass is 10.1.